The molecule has 1 atom stereocenters. The highest BCUT2D eigenvalue weighted by Gasteiger charge is 2.44. The Hall–Kier alpha value is -3.60. The summed E-state index contributed by atoms with van der Waals surface area (Å²) in [4.78, 5) is 32.3. The van der Waals surface area contributed by atoms with Gasteiger partial charge in [-0.2, -0.15) is 0 Å². The van der Waals surface area contributed by atoms with Crippen LogP contribution in [0.3, 0.4) is 0 Å². The molecular formula is C35H43N3O2. The standard InChI is InChI=1S/C35H43N3O2/c1-27-13-7-9-15-29(27)25-30(32-18-10-8-14-28(32)2)26-33(39)36-35(19-11-4-12-20-35)34(40)38-23-21-37(22-24-38)31-16-5-3-6-17-31/h3,5-10,13-18,30H,4,11-12,19-26H2,1-2H3,(H,36,39). The molecule has 5 heteroatoms. The van der Waals surface area contributed by atoms with Crippen molar-refractivity contribution < 1.29 is 9.59 Å². The van der Waals surface area contributed by atoms with E-state index < -0.39 is 5.54 Å². The first-order valence-corrected chi connectivity index (χ1v) is 15.0. The van der Waals surface area contributed by atoms with Crippen LogP contribution in [0, 0.1) is 13.8 Å². The molecule has 5 nitrogen and oxygen atoms in total. The summed E-state index contributed by atoms with van der Waals surface area (Å²) < 4.78 is 0. The zero-order valence-corrected chi connectivity index (χ0v) is 24.1. The minimum absolute atomic E-state index is 0.0139. The minimum atomic E-state index is -0.788. The second kappa shape index (κ2) is 12.7. The molecule has 1 aliphatic carbocycles. The van der Waals surface area contributed by atoms with E-state index in [0.717, 1.165) is 51.6 Å². The zero-order valence-electron chi connectivity index (χ0n) is 24.1. The molecule has 40 heavy (non-hydrogen) atoms. The van der Waals surface area contributed by atoms with Gasteiger partial charge in [-0.25, -0.2) is 0 Å². The van der Waals surface area contributed by atoms with Crippen molar-refractivity contribution >= 4 is 17.5 Å². The minimum Gasteiger partial charge on any atom is -0.368 e. The molecule has 0 aromatic heterocycles. The van der Waals surface area contributed by atoms with Gasteiger partial charge in [0.05, 0.1) is 0 Å². The van der Waals surface area contributed by atoms with Crippen LogP contribution in [0.5, 0.6) is 0 Å². The lowest BCUT2D eigenvalue weighted by Crippen LogP contribution is -2.63. The van der Waals surface area contributed by atoms with Crippen molar-refractivity contribution in [3.63, 3.8) is 0 Å². The fraction of sp³-hybridized carbons (Fsp3) is 0.429. The van der Waals surface area contributed by atoms with E-state index in [-0.39, 0.29) is 17.7 Å². The Morgan fingerprint density at radius 2 is 1.40 bits per heavy atom. The molecule has 2 amide bonds. The molecule has 0 bridgehead atoms. The first kappa shape index (κ1) is 27.9. The fourth-order valence-electron chi connectivity index (χ4n) is 6.64. The molecule has 1 aliphatic heterocycles. The maximum Gasteiger partial charge on any atom is 0.248 e. The van der Waals surface area contributed by atoms with E-state index in [2.05, 4.69) is 96.9 Å². The molecule has 2 fully saturated rings. The van der Waals surface area contributed by atoms with Crippen molar-refractivity contribution in [3.8, 4) is 0 Å². The van der Waals surface area contributed by atoms with Gasteiger partial charge < -0.3 is 15.1 Å². The fourth-order valence-corrected chi connectivity index (χ4v) is 6.64. The molecule has 2 aliphatic rings. The Balaban J connectivity index is 1.31. The van der Waals surface area contributed by atoms with Crippen LogP contribution >= 0.6 is 0 Å². The second-order valence-corrected chi connectivity index (χ2v) is 11.7. The Bertz CT molecular complexity index is 1290. The molecule has 0 radical (unpaired) electrons. The number of rotatable bonds is 8. The molecule has 3 aromatic rings. The van der Waals surface area contributed by atoms with E-state index in [4.69, 9.17) is 0 Å². The third-order valence-electron chi connectivity index (χ3n) is 8.97. The van der Waals surface area contributed by atoms with Gasteiger partial charge in [0.25, 0.3) is 0 Å². The molecular weight excluding hydrogens is 494 g/mol. The number of benzene rings is 3. The lowest BCUT2D eigenvalue weighted by molar-refractivity contribution is -0.144. The number of piperazine rings is 1. The van der Waals surface area contributed by atoms with Crippen LogP contribution in [0.15, 0.2) is 78.9 Å². The maximum atomic E-state index is 14.1. The first-order valence-electron chi connectivity index (χ1n) is 15.0. The van der Waals surface area contributed by atoms with Crippen LogP contribution in [0.1, 0.15) is 66.7 Å². The molecule has 1 saturated heterocycles. The number of carbonyl (C=O) groups is 2. The Morgan fingerprint density at radius 1 is 0.775 bits per heavy atom. The highest BCUT2D eigenvalue weighted by Crippen LogP contribution is 2.33. The number of anilines is 1. The largest absolute Gasteiger partial charge is 0.368 e. The van der Waals surface area contributed by atoms with E-state index in [1.165, 1.54) is 27.9 Å². The van der Waals surface area contributed by atoms with Crippen LogP contribution in [0.2, 0.25) is 0 Å². The van der Waals surface area contributed by atoms with E-state index in [9.17, 15) is 9.59 Å². The number of hydrogen-bond donors (Lipinski definition) is 1. The van der Waals surface area contributed by atoms with Gasteiger partial charge in [-0.1, -0.05) is 86.0 Å². The summed E-state index contributed by atoms with van der Waals surface area (Å²) in [6, 6.07) is 27.2. The zero-order chi connectivity index (χ0) is 28.0. The average Bonchev–Trinajstić information content (AvgIpc) is 2.99. The first-order chi connectivity index (χ1) is 19.4. The summed E-state index contributed by atoms with van der Waals surface area (Å²) >= 11 is 0. The smallest absolute Gasteiger partial charge is 0.248 e. The number of nitrogens with one attached hydrogen (secondary N) is 1. The molecule has 1 unspecified atom stereocenters. The number of nitrogens with zero attached hydrogens (tertiary/aromatic N) is 2. The second-order valence-electron chi connectivity index (χ2n) is 11.7. The third-order valence-corrected chi connectivity index (χ3v) is 8.97. The quantitative estimate of drug-likeness (QED) is 0.373. The number of hydrogen-bond acceptors (Lipinski definition) is 3. The molecule has 1 heterocycles. The van der Waals surface area contributed by atoms with Gasteiger partial charge in [-0.15, -0.1) is 0 Å². The highest BCUT2D eigenvalue weighted by molar-refractivity contribution is 5.92. The summed E-state index contributed by atoms with van der Waals surface area (Å²) in [6.45, 7) is 7.25. The van der Waals surface area contributed by atoms with Gasteiger partial charge >= 0.3 is 0 Å². The van der Waals surface area contributed by atoms with Gasteiger partial charge in [0.2, 0.25) is 11.8 Å². The van der Waals surface area contributed by atoms with Crippen LogP contribution in [-0.4, -0.2) is 48.4 Å². The summed E-state index contributed by atoms with van der Waals surface area (Å²) in [7, 11) is 0. The maximum absolute atomic E-state index is 14.1. The van der Waals surface area contributed by atoms with Gasteiger partial charge in [-0.05, 0) is 73.4 Å². The van der Waals surface area contributed by atoms with Crippen molar-refractivity contribution in [1.82, 2.24) is 10.2 Å². The van der Waals surface area contributed by atoms with Gasteiger partial charge in [0.15, 0.2) is 0 Å². The van der Waals surface area contributed by atoms with Gasteiger partial charge in [0.1, 0.15) is 5.54 Å². The summed E-state index contributed by atoms with van der Waals surface area (Å²) in [6.07, 6.45) is 5.68. The van der Waals surface area contributed by atoms with Crippen molar-refractivity contribution in [2.24, 2.45) is 0 Å². The molecule has 210 valence electrons. The molecule has 1 saturated carbocycles. The van der Waals surface area contributed by atoms with Crippen molar-refractivity contribution in [1.29, 1.82) is 0 Å². The topological polar surface area (TPSA) is 52.7 Å². The molecule has 5 rings (SSSR count). The van der Waals surface area contributed by atoms with Crippen LogP contribution in [0.4, 0.5) is 5.69 Å². The summed E-state index contributed by atoms with van der Waals surface area (Å²) in [5.41, 5.74) is 5.34. The van der Waals surface area contributed by atoms with Crippen molar-refractivity contribution in [3.05, 3.63) is 101 Å². The van der Waals surface area contributed by atoms with Crippen LogP contribution in [-0.2, 0) is 16.0 Å². The highest BCUT2D eigenvalue weighted by atomic mass is 16.2. The predicted octanol–water partition coefficient (Wildman–Crippen LogP) is 6.19. The molecule has 0 spiro atoms. The number of para-hydroxylation sites is 1. The van der Waals surface area contributed by atoms with E-state index >= 15 is 0 Å². The van der Waals surface area contributed by atoms with Crippen molar-refractivity contribution in [2.75, 3.05) is 31.1 Å². The average molecular weight is 538 g/mol. The Morgan fingerprint density at radius 3 is 2.08 bits per heavy atom. The van der Waals surface area contributed by atoms with Gasteiger partial charge in [-0.3, -0.25) is 9.59 Å². The lowest BCUT2D eigenvalue weighted by Gasteiger charge is -2.43. The lowest BCUT2D eigenvalue weighted by atomic mass is 9.79. The normalized spacial score (nSPS) is 17.8. The Kier molecular flexibility index (Phi) is 8.88. The van der Waals surface area contributed by atoms with E-state index in [1.807, 2.05) is 11.0 Å². The molecule has 3 aromatic carbocycles. The number of amides is 2. The Labute approximate surface area is 239 Å². The summed E-state index contributed by atoms with van der Waals surface area (Å²) in [5.74, 6) is 0.145. The SMILES string of the molecule is Cc1ccccc1CC(CC(=O)NC1(C(=O)N2CCN(c3ccccc3)CC2)CCCCC1)c1ccccc1C. The van der Waals surface area contributed by atoms with Gasteiger partial charge in [0, 0.05) is 38.3 Å². The van der Waals surface area contributed by atoms with Crippen molar-refractivity contribution in [2.45, 2.75) is 70.3 Å². The van der Waals surface area contributed by atoms with Crippen LogP contribution < -0.4 is 10.2 Å². The van der Waals surface area contributed by atoms with E-state index in [1.54, 1.807) is 0 Å². The number of aryl methyl sites for hydroxylation is 2. The number of carbonyl (C=O) groups excluding carboxylic acids is 2. The van der Waals surface area contributed by atoms with E-state index in [0.29, 0.717) is 19.5 Å². The summed E-state index contributed by atoms with van der Waals surface area (Å²) in [5, 5.41) is 3.35. The monoisotopic (exact) mass is 537 g/mol. The van der Waals surface area contributed by atoms with Crippen LogP contribution in [0.25, 0.3) is 0 Å². The third kappa shape index (κ3) is 6.41. The predicted molar refractivity (Wildman–Crippen MR) is 163 cm³/mol. The molecule has 1 N–H and O–H groups in total.